The van der Waals surface area contributed by atoms with Crippen LogP contribution in [0.15, 0.2) is 71.9 Å². The van der Waals surface area contributed by atoms with E-state index in [1.807, 2.05) is 42.5 Å². The summed E-state index contributed by atoms with van der Waals surface area (Å²) in [7, 11) is 0. The maximum Gasteiger partial charge on any atom is 0.352 e. The maximum atomic E-state index is 12.7. The number of thioether (sulfide) groups is 1. The summed E-state index contributed by atoms with van der Waals surface area (Å²) in [5, 5.41) is 21.2. The minimum absolute atomic E-state index is 0.0452. The molecule has 0 unspecified atom stereocenters. The predicted octanol–water partition coefficient (Wildman–Crippen LogP) is 2.17. The first-order valence-electron chi connectivity index (χ1n) is 10.1. The number of carboxylic acids is 1. The Hall–Kier alpha value is -3.36. The third kappa shape index (κ3) is 4.46. The summed E-state index contributed by atoms with van der Waals surface area (Å²) in [5.41, 5.74) is 2.97. The fourth-order valence-corrected chi connectivity index (χ4v) is 5.03. The number of nitrogens with zero attached hydrogens (tertiary/aromatic N) is 1. The minimum atomic E-state index is -1.17. The van der Waals surface area contributed by atoms with Gasteiger partial charge >= 0.3 is 5.97 Å². The molecular weight excluding hydrogens is 428 g/mol. The van der Waals surface area contributed by atoms with Gasteiger partial charge in [0.1, 0.15) is 17.1 Å². The third-order valence-corrected chi connectivity index (χ3v) is 6.67. The molecule has 2 aromatic carbocycles. The van der Waals surface area contributed by atoms with Crippen LogP contribution in [0.5, 0.6) is 0 Å². The van der Waals surface area contributed by atoms with Gasteiger partial charge < -0.3 is 15.5 Å². The molecule has 0 bridgehead atoms. The van der Waals surface area contributed by atoms with Gasteiger partial charge in [0.25, 0.3) is 5.91 Å². The fourth-order valence-electron chi connectivity index (χ4n) is 3.71. The Morgan fingerprint density at radius 2 is 1.78 bits per heavy atom. The molecule has 0 spiro atoms. The molecule has 164 valence electrons. The second-order valence-corrected chi connectivity index (χ2v) is 8.63. The summed E-state index contributed by atoms with van der Waals surface area (Å²) < 4.78 is 0. The first-order chi connectivity index (χ1) is 15.5. The molecule has 2 aromatic rings. The van der Waals surface area contributed by atoms with Crippen LogP contribution in [0.25, 0.3) is 6.08 Å². The van der Waals surface area contributed by atoms with E-state index in [-0.39, 0.29) is 24.6 Å². The highest BCUT2D eigenvalue weighted by Crippen LogP contribution is 2.40. The van der Waals surface area contributed by atoms with E-state index < -0.39 is 23.3 Å². The van der Waals surface area contributed by atoms with Crippen molar-refractivity contribution in [2.45, 2.75) is 24.4 Å². The summed E-state index contributed by atoms with van der Waals surface area (Å²) in [5.74, 6) is -1.45. The second-order valence-electron chi connectivity index (χ2n) is 7.53. The van der Waals surface area contributed by atoms with Crippen molar-refractivity contribution in [2.75, 3.05) is 5.75 Å². The first-order valence-corrected chi connectivity index (χ1v) is 11.1. The van der Waals surface area contributed by atoms with E-state index in [4.69, 9.17) is 5.11 Å². The van der Waals surface area contributed by atoms with Crippen molar-refractivity contribution in [1.29, 1.82) is 0 Å². The largest absolute Gasteiger partial charge is 0.477 e. The number of carbonyl (C=O) groups excluding carboxylic acids is 2. The van der Waals surface area contributed by atoms with Crippen LogP contribution >= 0.6 is 11.8 Å². The lowest BCUT2D eigenvalue weighted by Gasteiger charge is -2.49. The number of fused-ring (bicyclic) bond motifs is 1. The van der Waals surface area contributed by atoms with E-state index in [0.29, 0.717) is 11.3 Å². The summed E-state index contributed by atoms with van der Waals surface area (Å²) in [6, 6.07) is 15.7. The van der Waals surface area contributed by atoms with Crippen molar-refractivity contribution < 1.29 is 24.6 Å². The normalized spacial score (nSPS) is 20.2. The smallest absolute Gasteiger partial charge is 0.352 e. The number of nitrogens with one attached hydrogen (secondary N) is 1. The quantitative estimate of drug-likeness (QED) is 0.558. The number of carboxylic acid groups (broad SMARTS) is 1. The van der Waals surface area contributed by atoms with Gasteiger partial charge in [-0.2, -0.15) is 0 Å². The molecule has 1 fully saturated rings. The number of amides is 2. The Balaban J connectivity index is 1.47. The van der Waals surface area contributed by atoms with Gasteiger partial charge in [0.2, 0.25) is 5.91 Å². The van der Waals surface area contributed by atoms with Gasteiger partial charge in [0, 0.05) is 5.75 Å². The van der Waals surface area contributed by atoms with Crippen molar-refractivity contribution in [1.82, 2.24) is 10.2 Å². The molecule has 2 amide bonds. The number of hydrogen-bond acceptors (Lipinski definition) is 5. The van der Waals surface area contributed by atoms with E-state index in [1.165, 1.54) is 16.7 Å². The zero-order valence-electron chi connectivity index (χ0n) is 17.1. The van der Waals surface area contributed by atoms with Crippen LogP contribution in [0.3, 0.4) is 0 Å². The molecule has 1 saturated heterocycles. The van der Waals surface area contributed by atoms with Gasteiger partial charge in [-0.1, -0.05) is 66.7 Å². The van der Waals surface area contributed by atoms with Gasteiger partial charge in [0.05, 0.1) is 13.0 Å². The molecule has 2 aliphatic heterocycles. The molecular formula is C24H22N2O5S. The van der Waals surface area contributed by atoms with E-state index in [1.54, 1.807) is 24.3 Å². The van der Waals surface area contributed by atoms with Crippen LogP contribution < -0.4 is 5.32 Å². The van der Waals surface area contributed by atoms with E-state index in [9.17, 15) is 19.5 Å². The number of benzene rings is 2. The van der Waals surface area contributed by atoms with Gasteiger partial charge in [-0.25, -0.2) is 4.79 Å². The van der Waals surface area contributed by atoms with Crippen LogP contribution in [0, 0.1) is 0 Å². The van der Waals surface area contributed by atoms with Crippen LogP contribution in [-0.4, -0.2) is 50.1 Å². The monoisotopic (exact) mass is 450 g/mol. The highest BCUT2D eigenvalue weighted by atomic mass is 32.2. The standard InChI is InChI=1S/C24H22N2O5S/c27-13-17-8-6-15(7-9-17)10-11-18-14-32-23-20(22(29)26(23)21(18)24(30)31)25-19(28)12-16-4-2-1-3-5-16/h1-11,20,23,27H,12-14H2,(H,25,28)(H,30,31)/b11-10-/t20-,23-/m1/s1. The van der Waals surface area contributed by atoms with Gasteiger partial charge in [-0.05, 0) is 22.3 Å². The average molecular weight is 451 g/mol. The number of β-lactam (4-membered cyclic amide) rings is 1. The Bertz CT molecular complexity index is 1100. The highest BCUT2D eigenvalue weighted by Gasteiger charge is 2.53. The molecule has 2 atom stereocenters. The zero-order valence-corrected chi connectivity index (χ0v) is 17.9. The lowest BCUT2D eigenvalue weighted by Crippen LogP contribution is -2.70. The number of carbonyl (C=O) groups is 3. The summed E-state index contributed by atoms with van der Waals surface area (Å²) >= 11 is 1.43. The van der Waals surface area contributed by atoms with Crippen LogP contribution in [0.1, 0.15) is 16.7 Å². The van der Waals surface area contributed by atoms with Crippen molar-refractivity contribution in [3.8, 4) is 0 Å². The first kappa shape index (κ1) is 21.9. The van der Waals surface area contributed by atoms with E-state index in [2.05, 4.69) is 5.32 Å². The van der Waals surface area contributed by atoms with Gasteiger partial charge in [-0.3, -0.25) is 14.5 Å². The molecule has 0 aromatic heterocycles. The van der Waals surface area contributed by atoms with Crippen molar-refractivity contribution in [2.24, 2.45) is 0 Å². The number of allylic oxidation sites excluding steroid dienone is 1. The molecule has 2 aliphatic rings. The number of aliphatic hydroxyl groups excluding tert-OH is 1. The zero-order chi connectivity index (χ0) is 22.7. The Labute approximate surface area is 189 Å². The molecule has 4 rings (SSSR count). The van der Waals surface area contributed by atoms with Crippen LogP contribution in [-0.2, 0) is 27.4 Å². The van der Waals surface area contributed by atoms with E-state index >= 15 is 0 Å². The topological polar surface area (TPSA) is 107 Å². The molecule has 2 heterocycles. The lowest BCUT2D eigenvalue weighted by atomic mass is 10.0. The van der Waals surface area contributed by atoms with Crippen molar-refractivity contribution in [3.63, 3.8) is 0 Å². The summed E-state index contributed by atoms with van der Waals surface area (Å²) in [6.07, 6.45) is 3.64. The number of hydrogen-bond donors (Lipinski definition) is 3. The van der Waals surface area contributed by atoms with Gasteiger partial charge in [0.15, 0.2) is 0 Å². The lowest BCUT2D eigenvalue weighted by molar-refractivity contribution is -0.150. The molecule has 0 aliphatic carbocycles. The average Bonchev–Trinajstić information content (AvgIpc) is 2.81. The fraction of sp³-hybridized carbons (Fsp3) is 0.208. The molecule has 0 radical (unpaired) electrons. The van der Waals surface area contributed by atoms with E-state index in [0.717, 1.165) is 16.7 Å². The van der Waals surface area contributed by atoms with Crippen LogP contribution in [0.4, 0.5) is 0 Å². The molecule has 7 nitrogen and oxygen atoms in total. The summed E-state index contributed by atoms with van der Waals surface area (Å²) in [6.45, 7) is -0.0452. The highest BCUT2D eigenvalue weighted by molar-refractivity contribution is 8.00. The number of rotatable bonds is 7. The molecule has 0 saturated carbocycles. The second kappa shape index (κ2) is 9.42. The number of aliphatic carboxylic acids is 1. The van der Waals surface area contributed by atoms with Crippen LogP contribution in [0.2, 0.25) is 0 Å². The predicted molar refractivity (Wildman–Crippen MR) is 121 cm³/mol. The minimum Gasteiger partial charge on any atom is -0.477 e. The molecule has 8 heteroatoms. The maximum absolute atomic E-state index is 12.7. The SMILES string of the molecule is O=C(Cc1ccccc1)N[C@@H]1C(=O)N2C(C(=O)O)=C(/C=C\c3ccc(CO)cc3)CS[C@H]12. The van der Waals surface area contributed by atoms with Crippen molar-refractivity contribution in [3.05, 3.63) is 88.6 Å². The number of aliphatic hydroxyl groups is 1. The molecule has 32 heavy (non-hydrogen) atoms. The Morgan fingerprint density at radius 3 is 2.44 bits per heavy atom. The van der Waals surface area contributed by atoms with Crippen molar-refractivity contribution >= 4 is 35.6 Å². The molecule has 3 N–H and O–H groups in total. The third-order valence-electron chi connectivity index (χ3n) is 5.36. The Morgan fingerprint density at radius 1 is 1.06 bits per heavy atom. The Kier molecular flexibility index (Phi) is 6.43. The summed E-state index contributed by atoms with van der Waals surface area (Å²) in [4.78, 5) is 38.3. The van der Waals surface area contributed by atoms with Gasteiger partial charge in [-0.15, -0.1) is 11.8 Å².